The number of hydrogen-bond acceptors (Lipinski definition) is 5. The molecule has 236 valence electrons. The second-order valence-electron chi connectivity index (χ2n) is 12.6. The molecule has 2 rings (SSSR count). The summed E-state index contributed by atoms with van der Waals surface area (Å²) in [5.74, 6) is 0.960. The lowest BCUT2D eigenvalue weighted by atomic mass is 9.77. The minimum absolute atomic E-state index is 0.0640. The Labute approximate surface area is 256 Å². The van der Waals surface area contributed by atoms with Gasteiger partial charge in [-0.25, -0.2) is 9.59 Å². The summed E-state index contributed by atoms with van der Waals surface area (Å²) in [5.41, 5.74) is 5.09. The molecule has 5 nitrogen and oxygen atoms in total. The lowest BCUT2D eigenvalue weighted by molar-refractivity contribution is -0.140. The average Bonchev–Trinajstić information content (AvgIpc) is 3.00. The van der Waals surface area contributed by atoms with Crippen LogP contribution in [-0.2, 0) is 38.3 Å². The SMILES string of the molecule is C=C(C)C(=O)OCC(CCCOC(=O)C(=C)CO)CCCC1CCC(CCc2ccc(CCCCC)c(CC)c2)CC1. The molecular formula is C37H58O5. The topological polar surface area (TPSA) is 72.8 Å². The zero-order valence-electron chi connectivity index (χ0n) is 26.9. The predicted molar refractivity (Wildman–Crippen MR) is 172 cm³/mol. The van der Waals surface area contributed by atoms with Crippen LogP contribution in [0.15, 0.2) is 42.5 Å². The van der Waals surface area contributed by atoms with Crippen molar-refractivity contribution >= 4 is 11.9 Å². The Morgan fingerprint density at radius 3 is 2.21 bits per heavy atom. The van der Waals surface area contributed by atoms with E-state index in [-0.39, 0.29) is 24.1 Å². The molecule has 0 radical (unpaired) electrons. The summed E-state index contributed by atoms with van der Waals surface area (Å²) in [4.78, 5) is 23.7. The number of aliphatic hydroxyl groups is 1. The largest absolute Gasteiger partial charge is 0.462 e. The highest BCUT2D eigenvalue weighted by molar-refractivity contribution is 5.88. The standard InChI is InChI=1S/C37H58O5/c1-6-8-9-15-35-23-22-32(25-34(35)7-2)21-20-31-18-16-30(17-19-31)12-10-13-33(27-42-36(39)28(3)4)14-11-24-41-37(40)29(5)26-38/h22-23,25,30-31,33,38H,3,5-21,24,26-27H2,1-2,4H3. The number of aryl methyl sites for hydroxylation is 3. The molecule has 1 N–H and O–H groups in total. The molecular weight excluding hydrogens is 524 g/mol. The van der Waals surface area contributed by atoms with Crippen molar-refractivity contribution in [3.05, 3.63) is 59.2 Å². The van der Waals surface area contributed by atoms with E-state index in [9.17, 15) is 9.59 Å². The Bertz CT molecular complexity index is 972. The quantitative estimate of drug-likeness (QED) is 0.0894. The van der Waals surface area contributed by atoms with Crippen LogP contribution in [0.4, 0.5) is 0 Å². The number of ether oxygens (including phenoxy) is 2. The van der Waals surface area contributed by atoms with Crippen LogP contribution < -0.4 is 0 Å². The Hall–Kier alpha value is -2.40. The molecule has 1 aromatic carbocycles. The Kier molecular flexibility index (Phi) is 17.5. The summed E-state index contributed by atoms with van der Waals surface area (Å²) in [6.07, 6.45) is 18.9. The van der Waals surface area contributed by atoms with Crippen molar-refractivity contribution in [3.8, 4) is 0 Å². The zero-order valence-corrected chi connectivity index (χ0v) is 26.9. The van der Waals surface area contributed by atoms with Gasteiger partial charge in [-0.3, -0.25) is 0 Å². The van der Waals surface area contributed by atoms with Gasteiger partial charge in [-0.15, -0.1) is 0 Å². The summed E-state index contributed by atoms with van der Waals surface area (Å²) < 4.78 is 10.6. The van der Waals surface area contributed by atoms with Gasteiger partial charge in [-0.05, 0) is 92.7 Å². The van der Waals surface area contributed by atoms with Gasteiger partial charge in [0, 0.05) is 5.57 Å². The minimum Gasteiger partial charge on any atom is -0.462 e. The Balaban J connectivity index is 1.72. The second-order valence-corrected chi connectivity index (χ2v) is 12.6. The van der Waals surface area contributed by atoms with Crippen molar-refractivity contribution in [1.82, 2.24) is 0 Å². The minimum atomic E-state index is -0.556. The molecule has 0 saturated heterocycles. The first-order chi connectivity index (χ1) is 20.3. The van der Waals surface area contributed by atoms with Gasteiger partial charge in [-0.2, -0.15) is 0 Å². The second kappa shape index (κ2) is 20.5. The van der Waals surface area contributed by atoms with Crippen LogP contribution in [-0.4, -0.2) is 36.9 Å². The number of hydrogen-bond donors (Lipinski definition) is 1. The summed E-state index contributed by atoms with van der Waals surface area (Å²) in [5, 5.41) is 9.01. The van der Waals surface area contributed by atoms with Crippen LogP contribution in [0.1, 0.15) is 121 Å². The maximum atomic E-state index is 11.9. The Morgan fingerprint density at radius 1 is 0.881 bits per heavy atom. The smallest absolute Gasteiger partial charge is 0.335 e. The molecule has 5 heteroatoms. The maximum Gasteiger partial charge on any atom is 0.335 e. The molecule has 1 aliphatic carbocycles. The van der Waals surface area contributed by atoms with Crippen molar-refractivity contribution in [2.75, 3.05) is 19.8 Å². The molecule has 1 saturated carbocycles. The van der Waals surface area contributed by atoms with E-state index in [0.717, 1.165) is 37.5 Å². The predicted octanol–water partition coefficient (Wildman–Crippen LogP) is 8.50. The number of rotatable bonds is 21. The fraction of sp³-hybridized carbons (Fsp3) is 0.676. The lowest BCUT2D eigenvalue weighted by Crippen LogP contribution is -2.18. The lowest BCUT2D eigenvalue weighted by Gasteiger charge is -2.29. The monoisotopic (exact) mass is 582 g/mol. The van der Waals surface area contributed by atoms with Gasteiger partial charge < -0.3 is 14.6 Å². The van der Waals surface area contributed by atoms with E-state index in [1.165, 1.54) is 76.2 Å². The van der Waals surface area contributed by atoms with Crippen LogP contribution >= 0.6 is 0 Å². The van der Waals surface area contributed by atoms with E-state index < -0.39 is 12.6 Å². The van der Waals surface area contributed by atoms with Gasteiger partial charge in [0.2, 0.25) is 0 Å². The first kappa shape index (κ1) is 35.8. The van der Waals surface area contributed by atoms with E-state index in [1.807, 2.05) is 0 Å². The third kappa shape index (κ3) is 13.7. The normalized spacial score (nSPS) is 17.4. The van der Waals surface area contributed by atoms with Crippen molar-refractivity contribution in [1.29, 1.82) is 0 Å². The summed E-state index contributed by atoms with van der Waals surface area (Å²) in [6.45, 7) is 13.6. The molecule has 0 aromatic heterocycles. The van der Waals surface area contributed by atoms with E-state index >= 15 is 0 Å². The molecule has 0 bridgehead atoms. The van der Waals surface area contributed by atoms with Gasteiger partial charge in [-0.1, -0.05) is 96.6 Å². The van der Waals surface area contributed by atoms with Crippen LogP contribution in [0.2, 0.25) is 0 Å². The third-order valence-corrected chi connectivity index (χ3v) is 9.00. The van der Waals surface area contributed by atoms with Crippen molar-refractivity contribution in [2.45, 2.75) is 124 Å². The van der Waals surface area contributed by atoms with Crippen molar-refractivity contribution < 1.29 is 24.2 Å². The van der Waals surface area contributed by atoms with Crippen molar-refractivity contribution in [2.24, 2.45) is 17.8 Å². The molecule has 1 aromatic rings. The van der Waals surface area contributed by atoms with Gasteiger partial charge in [0.15, 0.2) is 0 Å². The van der Waals surface area contributed by atoms with Gasteiger partial charge in [0.25, 0.3) is 0 Å². The average molecular weight is 583 g/mol. The highest BCUT2D eigenvalue weighted by Gasteiger charge is 2.22. The highest BCUT2D eigenvalue weighted by Crippen LogP contribution is 2.35. The Morgan fingerprint density at radius 2 is 1.57 bits per heavy atom. The summed E-state index contributed by atoms with van der Waals surface area (Å²) >= 11 is 0. The van der Waals surface area contributed by atoms with E-state index in [2.05, 4.69) is 45.2 Å². The summed E-state index contributed by atoms with van der Waals surface area (Å²) in [7, 11) is 0. The number of aliphatic hydroxyl groups excluding tert-OH is 1. The molecule has 0 aliphatic heterocycles. The van der Waals surface area contributed by atoms with Crippen LogP contribution in [0.5, 0.6) is 0 Å². The number of unbranched alkanes of at least 4 members (excludes halogenated alkanes) is 2. The number of carbonyl (C=O) groups is 2. The molecule has 0 amide bonds. The molecule has 0 spiro atoms. The third-order valence-electron chi connectivity index (χ3n) is 9.00. The van der Waals surface area contributed by atoms with Gasteiger partial charge in [0.05, 0.1) is 25.4 Å². The van der Waals surface area contributed by atoms with Gasteiger partial charge >= 0.3 is 11.9 Å². The molecule has 1 aliphatic rings. The maximum absolute atomic E-state index is 11.9. The molecule has 0 heterocycles. The molecule has 42 heavy (non-hydrogen) atoms. The van der Waals surface area contributed by atoms with E-state index in [0.29, 0.717) is 18.6 Å². The van der Waals surface area contributed by atoms with Crippen LogP contribution in [0.25, 0.3) is 0 Å². The number of esters is 2. The first-order valence-electron chi connectivity index (χ1n) is 16.7. The summed E-state index contributed by atoms with van der Waals surface area (Å²) in [6, 6.07) is 7.26. The molecule has 1 atom stereocenters. The van der Waals surface area contributed by atoms with Crippen molar-refractivity contribution in [3.63, 3.8) is 0 Å². The van der Waals surface area contributed by atoms with E-state index in [1.54, 1.807) is 18.1 Å². The highest BCUT2D eigenvalue weighted by atomic mass is 16.5. The fourth-order valence-electron chi connectivity index (χ4n) is 6.18. The van der Waals surface area contributed by atoms with Gasteiger partial charge in [0.1, 0.15) is 0 Å². The molecule has 1 fully saturated rings. The van der Waals surface area contributed by atoms with Crippen LogP contribution in [0.3, 0.4) is 0 Å². The first-order valence-corrected chi connectivity index (χ1v) is 16.7. The zero-order chi connectivity index (χ0) is 30.7. The number of benzene rings is 1. The number of carbonyl (C=O) groups excluding carboxylic acids is 2. The molecule has 1 unspecified atom stereocenters. The fourth-order valence-corrected chi connectivity index (χ4v) is 6.18. The van der Waals surface area contributed by atoms with Crippen LogP contribution in [0, 0.1) is 17.8 Å². The van der Waals surface area contributed by atoms with E-state index in [4.69, 9.17) is 14.6 Å².